The molecule has 6 heteroatoms. The summed E-state index contributed by atoms with van der Waals surface area (Å²) in [4.78, 5) is 13.2. The van der Waals surface area contributed by atoms with E-state index in [0.29, 0.717) is 19.4 Å². The molecule has 0 aromatic carbocycles. The lowest BCUT2D eigenvalue weighted by molar-refractivity contribution is -0.153. The Morgan fingerprint density at radius 3 is 3.15 bits per heavy atom. The maximum atomic E-state index is 10.6. The number of carbonyl (C=O) groups excluding carboxylic acids is 1. The molecule has 0 radical (unpaired) electrons. The minimum absolute atomic E-state index is 0.179. The van der Waals surface area contributed by atoms with E-state index in [2.05, 4.69) is 10.0 Å². The number of carbonyl (C=O) groups is 1. The molecule has 0 spiro atoms. The van der Waals surface area contributed by atoms with Crippen LogP contribution in [0.25, 0.3) is 10.4 Å². The molecule has 0 aromatic rings. The molecule has 0 unspecified atom stereocenters. The van der Waals surface area contributed by atoms with Gasteiger partial charge in [-0.2, -0.15) is 0 Å². The van der Waals surface area contributed by atoms with E-state index in [1.165, 1.54) is 6.92 Å². The van der Waals surface area contributed by atoms with Gasteiger partial charge in [-0.3, -0.25) is 4.79 Å². The van der Waals surface area contributed by atoms with Crippen molar-refractivity contribution >= 4 is 5.97 Å². The molecule has 2 atom stereocenters. The number of hydrogen-bond acceptors (Lipinski definition) is 4. The van der Waals surface area contributed by atoms with Crippen LogP contribution in [0.1, 0.15) is 19.8 Å². The molecule has 1 fully saturated rings. The highest BCUT2D eigenvalue weighted by Crippen LogP contribution is 2.17. The van der Waals surface area contributed by atoms with Crippen molar-refractivity contribution in [1.82, 2.24) is 0 Å². The van der Waals surface area contributed by atoms with E-state index < -0.39 is 6.23 Å². The summed E-state index contributed by atoms with van der Waals surface area (Å²) in [6.07, 6.45) is 0.436. The highest BCUT2D eigenvalue weighted by molar-refractivity contribution is 5.66. The van der Waals surface area contributed by atoms with Crippen LogP contribution in [-0.4, -0.2) is 24.9 Å². The first kappa shape index (κ1) is 9.83. The summed E-state index contributed by atoms with van der Waals surface area (Å²) in [6.45, 7) is 1.82. The SMILES string of the molecule is CC(=O)O[C@H]1CCO[C@@H](N=[N+]=[N-])C1. The van der Waals surface area contributed by atoms with Crippen molar-refractivity contribution in [2.75, 3.05) is 6.61 Å². The number of rotatable bonds is 2. The van der Waals surface area contributed by atoms with Gasteiger partial charge >= 0.3 is 5.97 Å². The van der Waals surface area contributed by atoms with Gasteiger partial charge in [0.15, 0.2) is 0 Å². The maximum absolute atomic E-state index is 10.6. The Hall–Kier alpha value is -1.26. The summed E-state index contributed by atoms with van der Waals surface area (Å²) in [5.74, 6) is -0.313. The average Bonchev–Trinajstić information content (AvgIpc) is 2.04. The third-order valence-electron chi connectivity index (χ3n) is 1.73. The summed E-state index contributed by atoms with van der Waals surface area (Å²) < 4.78 is 10.1. The number of ether oxygens (including phenoxy) is 2. The summed E-state index contributed by atoms with van der Waals surface area (Å²) in [5.41, 5.74) is 8.16. The first-order chi connectivity index (χ1) is 6.22. The largest absolute Gasteiger partial charge is 0.462 e. The van der Waals surface area contributed by atoms with Crippen molar-refractivity contribution in [3.05, 3.63) is 10.4 Å². The van der Waals surface area contributed by atoms with E-state index in [1.807, 2.05) is 0 Å². The molecule has 72 valence electrons. The lowest BCUT2D eigenvalue weighted by Gasteiger charge is -2.25. The molecule has 0 amide bonds. The first-order valence-corrected chi connectivity index (χ1v) is 4.05. The Bertz CT molecular complexity index is 237. The van der Waals surface area contributed by atoms with Gasteiger partial charge in [-0.15, -0.1) is 0 Å². The van der Waals surface area contributed by atoms with E-state index in [1.54, 1.807) is 0 Å². The summed E-state index contributed by atoms with van der Waals surface area (Å²) in [7, 11) is 0. The molecule has 0 bridgehead atoms. The second-order valence-corrected chi connectivity index (χ2v) is 2.79. The third kappa shape index (κ3) is 3.31. The minimum Gasteiger partial charge on any atom is -0.462 e. The van der Waals surface area contributed by atoms with Crippen LogP contribution >= 0.6 is 0 Å². The van der Waals surface area contributed by atoms with Crippen molar-refractivity contribution in [3.8, 4) is 0 Å². The van der Waals surface area contributed by atoms with Gasteiger partial charge < -0.3 is 9.47 Å². The Morgan fingerprint density at radius 1 is 1.77 bits per heavy atom. The summed E-state index contributed by atoms with van der Waals surface area (Å²) >= 11 is 0. The zero-order valence-corrected chi connectivity index (χ0v) is 7.34. The highest BCUT2D eigenvalue weighted by atomic mass is 16.6. The zero-order valence-electron chi connectivity index (χ0n) is 7.34. The molecular formula is C7H11N3O3. The standard InChI is InChI=1S/C7H11N3O3/c1-5(11)13-6-2-3-12-7(4-6)9-10-8/h6-7H,2-4H2,1H3/t6-,7+/m0/s1. The molecule has 13 heavy (non-hydrogen) atoms. The first-order valence-electron chi connectivity index (χ1n) is 4.05. The van der Waals surface area contributed by atoms with Gasteiger partial charge in [0.05, 0.1) is 6.61 Å². The van der Waals surface area contributed by atoms with Crippen LogP contribution in [0.3, 0.4) is 0 Å². The average molecular weight is 185 g/mol. The molecule has 6 nitrogen and oxygen atoms in total. The lowest BCUT2D eigenvalue weighted by Crippen LogP contribution is -2.30. The van der Waals surface area contributed by atoms with Crippen LogP contribution in [0.15, 0.2) is 5.11 Å². The molecule has 0 aliphatic carbocycles. The van der Waals surface area contributed by atoms with Crippen LogP contribution in [0.5, 0.6) is 0 Å². The fraction of sp³-hybridized carbons (Fsp3) is 0.857. The fourth-order valence-corrected chi connectivity index (χ4v) is 1.23. The van der Waals surface area contributed by atoms with Crippen LogP contribution in [0.4, 0.5) is 0 Å². The van der Waals surface area contributed by atoms with Crippen molar-refractivity contribution in [2.24, 2.45) is 5.11 Å². The molecule has 1 aliphatic rings. The Kier molecular flexibility index (Phi) is 3.54. The molecule has 0 aromatic heterocycles. The van der Waals surface area contributed by atoms with E-state index in [4.69, 9.17) is 15.0 Å². The Morgan fingerprint density at radius 2 is 2.54 bits per heavy atom. The molecule has 0 saturated carbocycles. The van der Waals surface area contributed by atoms with Gasteiger partial charge in [-0.05, 0) is 5.53 Å². The lowest BCUT2D eigenvalue weighted by atomic mass is 10.1. The smallest absolute Gasteiger partial charge is 0.302 e. The second kappa shape index (κ2) is 4.69. The minimum atomic E-state index is -0.497. The van der Waals surface area contributed by atoms with Gasteiger partial charge in [0.1, 0.15) is 12.3 Å². The van der Waals surface area contributed by atoms with Gasteiger partial charge in [0, 0.05) is 24.7 Å². The second-order valence-electron chi connectivity index (χ2n) is 2.79. The Labute approximate surface area is 75.4 Å². The summed E-state index contributed by atoms with van der Waals surface area (Å²) in [6, 6.07) is 0. The number of nitrogens with zero attached hydrogens (tertiary/aromatic N) is 3. The van der Waals surface area contributed by atoms with Crippen LogP contribution in [0, 0.1) is 0 Å². The highest BCUT2D eigenvalue weighted by Gasteiger charge is 2.23. The third-order valence-corrected chi connectivity index (χ3v) is 1.73. The number of hydrogen-bond donors (Lipinski definition) is 0. The predicted octanol–water partition coefficient (Wildman–Crippen LogP) is 1.36. The van der Waals surface area contributed by atoms with Gasteiger partial charge in [-0.1, -0.05) is 5.11 Å². The molecular weight excluding hydrogens is 174 g/mol. The van der Waals surface area contributed by atoms with Crippen LogP contribution in [-0.2, 0) is 14.3 Å². The van der Waals surface area contributed by atoms with Gasteiger partial charge in [-0.25, -0.2) is 0 Å². The van der Waals surface area contributed by atoms with Crippen molar-refractivity contribution in [1.29, 1.82) is 0 Å². The predicted molar refractivity (Wildman–Crippen MR) is 43.7 cm³/mol. The quantitative estimate of drug-likeness (QED) is 0.282. The zero-order chi connectivity index (χ0) is 9.68. The monoisotopic (exact) mass is 185 g/mol. The van der Waals surface area contributed by atoms with Crippen molar-refractivity contribution in [2.45, 2.75) is 32.1 Å². The Balaban J connectivity index is 2.41. The van der Waals surface area contributed by atoms with Crippen LogP contribution in [0.2, 0.25) is 0 Å². The van der Waals surface area contributed by atoms with Crippen molar-refractivity contribution < 1.29 is 14.3 Å². The van der Waals surface area contributed by atoms with Crippen LogP contribution < -0.4 is 0 Å². The molecule has 1 saturated heterocycles. The van der Waals surface area contributed by atoms with E-state index in [9.17, 15) is 4.79 Å². The molecule has 1 rings (SSSR count). The molecule has 0 N–H and O–H groups in total. The fourth-order valence-electron chi connectivity index (χ4n) is 1.23. The maximum Gasteiger partial charge on any atom is 0.302 e. The normalized spacial score (nSPS) is 27.5. The summed E-state index contributed by atoms with van der Waals surface area (Å²) in [5, 5.41) is 3.41. The van der Waals surface area contributed by atoms with Gasteiger partial charge in [0.25, 0.3) is 0 Å². The number of esters is 1. The van der Waals surface area contributed by atoms with E-state index in [-0.39, 0.29) is 12.1 Å². The van der Waals surface area contributed by atoms with E-state index >= 15 is 0 Å². The molecule has 1 heterocycles. The number of azide groups is 1. The van der Waals surface area contributed by atoms with E-state index in [0.717, 1.165) is 0 Å². The topological polar surface area (TPSA) is 84.3 Å². The van der Waals surface area contributed by atoms with Crippen molar-refractivity contribution in [3.63, 3.8) is 0 Å². The molecule has 1 aliphatic heterocycles. The van der Waals surface area contributed by atoms with Gasteiger partial charge in [0.2, 0.25) is 0 Å².